The van der Waals surface area contributed by atoms with Gasteiger partial charge in [-0.05, 0) is 82.8 Å². The molecule has 7 heteroatoms. The van der Waals surface area contributed by atoms with Gasteiger partial charge in [-0.2, -0.15) is 0 Å². The number of carbonyl (C=O) groups is 2. The van der Waals surface area contributed by atoms with E-state index in [1.54, 1.807) is 12.1 Å². The molecule has 3 aromatic carbocycles. The van der Waals surface area contributed by atoms with Crippen molar-refractivity contribution < 1.29 is 14.5 Å². The van der Waals surface area contributed by atoms with Gasteiger partial charge >= 0.3 is 0 Å². The van der Waals surface area contributed by atoms with Gasteiger partial charge in [-0.1, -0.05) is 79.2 Å². The van der Waals surface area contributed by atoms with Gasteiger partial charge in [0.25, 0.3) is 5.69 Å². The second-order valence-electron chi connectivity index (χ2n) is 12.4. The Morgan fingerprint density at radius 3 is 2.02 bits per heavy atom. The van der Waals surface area contributed by atoms with Gasteiger partial charge in [0.15, 0.2) is 11.6 Å². The number of allylic oxidation sites excluding steroid dienone is 4. The van der Waals surface area contributed by atoms with Crippen LogP contribution in [0.2, 0.25) is 0 Å². The molecule has 3 aromatic rings. The van der Waals surface area contributed by atoms with Crippen LogP contribution < -0.4 is 5.32 Å². The van der Waals surface area contributed by atoms with Crippen LogP contribution in [0.3, 0.4) is 0 Å². The first-order valence-electron chi connectivity index (χ1n) is 16.0. The maximum atomic E-state index is 13.7. The van der Waals surface area contributed by atoms with Crippen LogP contribution >= 0.6 is 0 Å². The van der Waals surface area contributed by atoms with Gasteiger partial charge in [0.05, 0.1) is 4.92 Å². The highest BCUT2D eigenvalue weighted by molar-refractivity contribution is 6.04. The number of hydrogen-bond donors (Lipinski definition) is 1. The summed E-state index contributed by atoms with van der Waals surface area (Å²) in [6.07, 6.45) is 5.21. The van der Waals surface area contributed by atoms with Gasteiger partial charge in [-0.3, -0.25) is 19.7 Å². The van der Waals surface area contributed by atoms with Gasteiger partial charge in [0.2, 0.25) is 0 Å². The van der Waals surface area contributed by atoms with E-state index in [1.165, 1.54) is 30.2 Å². The minimum atomic E-state index is -0.626. The number of carbonyl (C=O) groups excluding carboxylic acids is 2. The van der Waals surface area contributed by atoms with E-state index in [-0.39, 0.29) is 22.7 Å². The number of rotatable bonds is 12. The highest BCUT2D eigenvalue weighted by Crippen LogP contribution is 2.42. The summed E-state index contributed by atoms with van der Waals surface area (Å²) < 4.78 is 0. The molecule has 1 atom stereocenters. The lowest BCUT2D eigenvalue weighted by atomic mass is 9.68. The third kappa shape index (κ3) is 6.99. The highest BCUT2D eigenvalue weighted by Gasteiger charge is 2.38. The number of ketones is 2. The number of hydrogen-bond acceptors (Lipinski definition) is 6. The minimum absolute atomic E-state index is 0.0174. The van der Waals surface area contributed by atoms with Crippen LogP contribution in [0.4, 0.5) is 5.69 Å². The lowest BCUT2D eigenvalue weighted by Crippen LogP contribution is -2.43. The number of piperidine rings is 1. The fourth-order valence-electron chi connectivity index (χ4n) is 7.33. The fourth-order valence-corrected chi connectivity index (χ4v) is 7.33. The van der Waals surface area contributed by atoms with Gasteiger partial charge < -0.3 is 10.2 Å². The standard InChI is InChI=1S/C38H43N3O4/c1-27-35(29(3)42)37(30-14-13-19-33(26-30)41(44)45)36(28(2)39-27)34(43)20-11-6-12-23-40-24-21-38(22-25-40,31-15-7-4-8-16-31)32-17-9-5-10-18-32/h4-5,7-10,13-19,26,37,39H,6,11-12,20-25H2,1-3H3. The molecule has 2 aliphatic heterocycles. The number of unbranched alkanes of at least 4 members (excludes halogenated alkanes) is 2. The monoisotopic (exact) mass is 605 g/mol. The Labute approximate surface area is 266 Å². The van der Waals surface area contributed by atoms with Crippen molar-refractivity contribution in [2.75, 3.05) is 19.6 Å². The van der Waals surface area contributed by atoms with Crippen LogP contribution in [0.25, 0.3) is 0 Å². The average Bonchev–Trinajstić information content (AvgIpc) is 3.05. The first-order valence-corrected chi connectivity index (χ1v) is 16.0. The van der Waals surface area contributed by atoms with E-state index in [1.807, 2.05) is 13.8 Å². The number of non-ortho nitro benzene ring substituents is 1. The molecule has 2 heterocycles. The zero-order valence-electron chi connectivity index (χ0n) is 26.6. The second-order valence-corrected chi connectivity index (χ2v) is 12.4. The zero-order chi connectivity index (χ0) is 32.0. The molecule has 234 valence electrons. The Morgan fingerprint density at radius 1 is 0.844 bits per heavy atom. The molecule has 7 nitrogen and oxygen atoms in total. The summed E-state index contributed by atoms with van der Waals surface area (Å²) in [6.45, 7) is 8.22. The Bertz CT molecular complexity index is 1560. The van der Waals surface area contributed by atoms with Gasteiger partial charge in [-0.25, -0.2) is 0 Å². The molecule has 0 bridgehead atoms. The molecule has 0 aliphatic carbocycles. The van der Waals surface area contributed by atoms with Crippen molar-refractivity contribution in [2.24, 2.45) is 0 Å². The quantitative estimate of drug-likeness (QED) is 0.130. The van der Waals surface area contributed by atoms with Crippen molar-refractivity contribution >= 4 is 17.3 Å². The number of Topliss-reactive ketones (excluding diaryl/α,β-unsaturated/α-hetero) is 2. The Balaban J connectivity index is 1.19. The molecule has 0 amide bonds. The normalized spacial score (nSPS) is 18.4. The molecule has 0 aromatic heterocycles. The molecular weight excluding hydrogens is 562 g/mol. The molecule has 5 rings (SSSR count). The molecule has 1 saturated heterocycles. The SMILES string of the molecule is CC(=O)C1=C(C)NC(C)=C(C(=O)CCCCCN2CCC(c3ccccc3)(c3ccccc3)CC2)C1c1cccc([N+](=O)[O-])c1. The van der Waals surface area contributed by atoms with Crippen molar-refractivity contribution in [3.05, 3.63) is 134 Å². The number of nitro benzene ring substituents is 1. The van der Waals surface area contributed by atoms with Crippen LogP contribution in [0.5, 0.6) is 0 Å². The van der Waals surface area contributed by atoms with Crippen LogP contribution in [-0.4, -0.2) is 41.0 Å². The molecule has 45 heavy (non-hydrogen) atoms. The van der Waals surface area contributed by atoms with E-state index in [4.69, 9.17) is 0 Å². The molecule has 0 radical (unpaired) electrons. The summed E-state index contributed by atoms with van der Waals surface area (Å²) in [5.74, 6) is -0.797. The van der Waals surface area contributed by atoms with Crippen molar-refractivity contribution in [3.8, 4) is 0 Å². The molecule has 1 fully saturated rings. The summed E-state index contributed by atoms with van der Waals surface area (Å²) in [5.41, 5.74) is 5.73. The summed E-state index contributed by atoms with van der Waals surface area (Å²) >= 11 is 0. The van der Waals surface area contributed by atoms with Gasteiger partial charge in [0, 0.05) is 52.4 Å². The predicted octanol–water partition coefficient (Wildman–Crippen LogP) is 7.63. The van der Waals surface area contributed by atoms with Crippen LogP contribution in [0, 0.1) is 10.1 Å². The van der Waals surface area contributed by atoms with E-state index in [2.05, 4.69) is 70.9 Å². The number of nitrogens with one attached hydrogen (secondary N) is 1. The molecule has 0 spiro atoms. The minimum Gasteiger partial charge on any atom is -0.362 e. The average molecular weight is 606 g/mol. The number of dihydropyridines is 1. The smallest absolute Gasteiger partial charge is 0.269 e. The van der Waals surface area contributed by atoms with Crippen molar-refractivity contribution in [1.29, 1.82) is 0 Å². The lowest BCUT2D eigenvalue weighted by molar-refractivity contribution is -0.384. The Hall–Kier alpha value is -4.36. The van der Waals surface area contributed by atoms with Crippen LogP contribution in [0.1, 0.15) is 81.9 Å². The summed E-state index contributed by atoms with van der Waals surface area (Å²) in [5, 5.41) is 14.7. The predicted molar refractivity (Wildman–Crippen MR) is 178 cm³/mol. The number of nitro groups is 1. The first-order chi connectivity index (χ1) is 21.7. The summed E-state index contributed by atoms with van der Waals surface area (Å²) in [7, 11) is 0. The van der Waals surface area contributed by atoms with Crippen molar-refractivity contribution in [2.45, 2.75) is 70.6 Å². The Kier molecular flexibility index (Phi) is 10.1. The molecule has 1 unspecified atom stereocenters. The fraction of sp³-hybridized carbons (Fsp3) is 0.368. The maximum Gasteiger partial charge on any atom is 0.269 e. The number of likely N-dealkylation sites (tertiary alicyclic amines) is 1. The maximum absolute atomic E-state index is 13.7. The third-order valence-electron chi connectivity index (χ3n) is 9.59. The van der Waals surface area contributed by atoms with Gasteiger partial charge in [-0.15, -0.1) is 0 Å². The molecule has 2 aliphatic rings. The molecular formula is C38H43N3O4. The third-order valence-corrected chi connectivity index (χ3v) is 9.59. The highest BCUT2D eigenvalue weighted by atomic mass is 16.6. The second kappa shape index (κ2) is 14.2. The topological polar surface area (TPSA) is 92.6 Å². The van der Waals surface area contributed by atoms with Crippen LogP contribution in [-0.2, 0) is 15.0 Å². The number of nitrogens with zero attached hydrogens (tertiary/aromatic N) is 2. The van der Waals surface area contributed by atoms with Crippen molar-refractivity contribution in [1.82, 2.24) is 10.2 Å². The van der Waals surface area contributed by atoms with E-state index in [0.29, 0.717) is 34.5 Å². The first kappa shape index (κ1) is 32.0. The molecule has 1 N–H and O–H groups in total. The van der Waals surface area contributed by atoms with E-state index in [0.717, 1.165) is 51.7 Å². The van der Waals surface area contributed by atoms with Gasteiger partial charge in [0.1, 0.15) is 0 Å². The largest absolute Gasteiger partial charge is 0.362 e. The van der Waals surface area contributed by atoms with Crippen molar-refractivity contribution in [3.63, 3.8) is 0 Å². The zero-order valence-corrected chi connectivity index (χ0v) is 26.6. The Morgan fingerprint density at radius 2 is 1.44 bits per heavy atom. The number of benzene rings is 3. The molecule has 0 saturated carbocycles. The van der Waals surface area contributed by atoms with E-state index >= 15 is 0 Å². The van der Waals surface area contributed by atoms with E-state index < -0.39 is 10.8 Å². The van der Waals surface area contributed by atoms with Crippen LogP contribution in [0.15, 0.2) is 107 Å². The summed E-state index contributed by atoms with van der Waals surface area (Å²) in [6, 6.07) is 28.1. The van der Waals surface area contributed by atoms with E-state index in [9.17, 15) is 19.7 Å². The lowest BCUT2D eigenvalue weighted by Gasteiger charge is -2.43. The summed E-state index contributed by atoms with van der Waals surface area (Å²) in [4.78, 5) is 40.1.